The molecule has 2 fully saturated rings. The maximum Gasteiger partial charge on any atom is 0.239 e. The Hall–Kier alpha value is -1.93. The number of aromatic nitrogens is 1. The van der Waals surface area contributed by atoms with Crippen LogP contribution in [0.25, 0.3) is 0 Å². The van der Waals surface area contributed by atoms with E-state index in [9.17, 15) is 9.59 Å². The van der Waals surface area contributed by atoms with Crippen molar-refractivity contribution >= 4 is 17.6 Å². The van der Waals surface area contributed by atoms with Gasteiger partial charge in [0.05, 0.1) is 6.54 Å². The molecule has 2 N–H and O–H groups in total. The molecule has 1 atom stereocenters. The van der Waals surface area contributed by atoms with E-state index in [1.165, 1.54) is 0 Å². The minimum Gasteiger partial charge on any atom is -0.360 e. The predicted octanol–water partition coefficient (Wildman–Crippen LogP) is -0.0788. The van der Waals surface area contributed by atoms with Gasteiger partial charge in [0.25, 0.3) is 0 Å². The van der Waals surface area contributed by atoms with Crippen molar-refractivity contribution in [1.82, 2.24) is 20.3 Å². The summed E-state index contributed by atoms with van der Waals surface area (Å²) < 4.78 is 4.92. The van der Waals surface area contributed by atoms with E-state index in [1.54, 1.807) is 13.0 Å². The summed E-state index contributed by atoms with van der Waals surface area (Å²) in [4.78, 5) is 28.5. The predicted molar refractivity (Wildman–Crippen MR) is 88.4 cm³/mol. The molecular formula is C16H25N5O3. The summed E-state index contributed by atoms with van der Waals surface area (Å²) in [6.07, 6.45) is 0. The minimum absolute atomic E-state index is 0.0801. The van der Waals surface area contributed by atoms with Crippen LogP contribution in [0.3, 0.4) is 0 Å². The summed E-state index contributed by atoms with van der Waals surface area (Å²) >= 11 is 0. The van der Waals surface area contributed by atoms with Gasteiger partial charge in [-0.05, 0) is 25.9 Å². The number of piperazine rings is 1. The fraction of sp³-hybridized carbons (Fsp3) is 0.688. The molecule has 1 unspecified atom stereocenters. The van der Waals surface area contributed by atoms with E-state index >= 15 is 0 Å². The number of aryl methyl sites for hydroxylation is 1. The third-order valence-electron chi connectivity index (χ3n) is 4.86. The quantitative estimate of drug-likeness (QED) is 0.782. The zero-order chi connectivity index (χ0) is 17.1. The molecule has 0 spiro atoms. The van der Waals surface area contributed by atoms with Crippen molar-refractivity contribution < 1.29 is 14.1 Å². The summed E-state index contributed by atoms with van der Waals surface area (Å²) in [5, 5.41) is 9.68. The first-order valence-electron chi connectivity index (χ1n) is 8.48. The Labute approximate surface area is 141 Å². The monoisotopic (exact) mass is 335 g/mol. The smallest absolute Gasteiger partial charge is 0.239 e. The van der Waals surface area contributed by atoms with Crippen LogP contribution in [0.2, 0.25) is 0 Å². The summed E-state index contributed by atoms with van der Waals surface area (Å²) in [5.74, 6) is 1.77. The van der Waals surface area contributed by atoms with Crippen molar-refractivity contribution in [3.63, 3.8) is 0 Å². The highest BCUT2D eigenvalue weighted by Crippen LogP contribution is 2.19. The third kappa shape index (κ3) is 3.93. The maximum atomic E-state index is 12.5. The Morgan fingerprint density at radius 1 is 1.38 bits per heavy atom. The van der Waals surface area contributed by atoms with Crippen LogP contribution in [0.5, 0.6) is 0 Å². The Kier molecular flexibility index (Phi) is 5.15. The molecule has 2 aliphatic rings. The first kappa shape index (κ1) is 16.9. The topological polar surface area (TPSA) is 90.7 Å². The van der Waals surface area contributed by atoms with E-state index in [2.05, 4.69) is 20.7 Å². The van der Waals surface area contributed by atoms with Crippen LogP contribution >= 0.6 is 0 Å². The van der Waals surface area contributed by atoms with Crippen molar-refractivity contribution in [3.05, 3.63) is 11.8 Å². The first-order valence-corrected chi connectivity index (χ1v) is 8.48. The molecule has 2 amide bonds. The molecule has 2 saturated heterocycles. The summed E-state index contributed by atoms with van der Waals surface area (Å²) in [5.41, 5.74) is 0. The number of amides is 2. The van der Waals surface area contributed by atoms with Crippen LogP contribution in [-0.4, -0.2) is 72.6 Å². The number of carbonyl (C=O) groups is 2. The molecule has 0 bridgehead atoms. The molecule has 24 heavy (non-hydrogen) atoms. The van der Waals surface area contributed by atoms with Crippen molar-refractivity contribution in [3.8, 4) is 0 Å². The molecule has 2 aliphatic heterocycles. The Morgan fingerprint density at radius 3 is 2.62 bits per heavy atom. The maximum absolute atomic E-state index is 12.5. The molecule has 3 heterocycles. The second kappa shape index (κ2) is 7.31. The molecule has 3 rings (SSSR count). The molecular weight excluding hydrogens is 310 g/mol. The normalized spacial score (nSPS) is 20.5. The van der Waals surface area contributed by atoms with Gasteiger partial charge in [-0.25, -0.2) is 0 Å². The second-order valence-corrected chi connectivity index (χ2v) is 6.68. The van der Waals surface area contributed by atoms with Crippen LogP contribution in [-0.2, 0) is 9.59 Å². The molecule has 0 aromatic carbocycles. The lowest BCUT2D eigenvalue weighted by Crippen LogP contribution is -2.55. The van der Waals surface area contributed by atoms with Gasteiger partial charge in [0.1, 0.15) is 5.76 Å². The highest BCUT2D eigenvalue weighted by Gasteiger charge is 2.33. The van der Waals surface area contributed by atoms with Crippen molar-refractivity contribution in [2.45, 2.75) is 13.8 Å². The molecule has 8 nitrogen and oxygen atoms in total. The number of nitrogens with one attached hydrogen (secondary N) is 2. The van der Waals surface area contributed by atoms with Crippen LogP contribution < -0.4 is 10.6 Å². The standard InChI is InChI=1S/C16H25N5O3/c1-11-7-14(19-24-11)18-15(22)10-20-3-5-21(6-4-20)16(23)12(2)13-8-17-9-13/h7,12-13,17H,3-6,8-10H2,1-2H3,(H,18,19,22). The molecule has 8 heteroatoms. The van der Waals surface area contributed by atoms with E-state index in [-0.39, 0.29) is 17.7 Å². The number of nitrogens with zero attached hydrogens (tertiary/aromatic N) is 3. The van der Waals surface area contributed by atoms with E-state index < -0.39 is 0 Å². The van der Waals surface area contributed by atoms with Crippen molar-refractivity contribution in [2.75, 3.05) is 51.1 Å². The van der Waals surface area contributed by atoms with E-state index in [1.807, 2.05) is 11.8 Å². The van der Waals surface area contributed by atoms with E-state index in [4.69, 9.17) is 4.52 Å². The molecule has 1 aromatic rings. The van der Waals surface area contributed by atoms with Crippen LogP contribution in [0.4, 0.5) is 5.82 Å². The fourth-order valence-corrected chi connectivity index (χ4v) is 3.09. The van der Waals surface area contributed by atoms with Gasteiger partial charge in [0.2, 0.25) is 11.8 Å². The highest BCUT2D eigenvalue weighted by molar-refractivity contribution is 5.91. The van der Waals surface area contributed by atoms with Gasteiger partial charge in [-0.3, -0.25) is 14.5 Å². The Morgan fingerprint density at radius 2 is 2.08 bits per heavy atom. The van der Waals surface area contributed by atoms with E-state index in [0.29, 0.717) is 50.2 Å². The minimum atomic E-state index is -0.114. The SMILES string of the molecule is Cc1cc(NC(=O)CN2CCN(C(=O)C(C)C3CNC3)CC2)no1. The zero-order valence-corrected chi connectivity index (χ0v) is 14.2. The Bertz CT molecular complexity index is 590. The highest BCUT2D eigenvalue weighted by atomic mass is 16.5. The molecule has 0 radical (unpaired) electrons. The largest absolute Gasteiger partial charge is 0.360 e. The molecule has 0 aliphatic carbocycles. The average Bonchev–Trinajstić information content (AvgIpc) is 2.90. The number of rotatable bonds is 5. The van der Waals surface area contributed by atoms with E-state index in [0.717, 1.165) is 13.1 Å². The molecule has 0 saturated carbocycles. The molecule has 132 valence electrons. The van der Waals surface area contributed by atoms with Crippen LogP contribution in [0.15, 0.2) is 10.6 Å². The Balaban J connectivity index is 1.41. The van der Waals surface area contributed by atoms with Crippen molar-refractivity contribution in [1.29, 1.82) is 0 Å². The lowest BCUT2D eigenvalue weighted by atomic mass is 9.88. The fourth-order valence-electron chi connectivity index (χ4n) is 3.09. The summed E-state index contributed by atoms with van der Waals surface area (Å²) in [6.45, 7) is 8.77. The number of anilines is 1. The van der Waals surface area contributed by atoms with Gasteiger partial charge in [-0.2, -0.15) is 0 Å². The van der Waals surface area contributed by atoms with Crippen molar-refractivity contribution in [2.24, 2.45) is 11.8 Å². The van der Waals surface area contributed by atoms with Gasteiger partial charge < -0.3 is 20.1 Å². The molecule has 1 aromatic heterocycles. The van der Waals surface area contributed by atoms with Crippen LogP contribution in [0, 0.1) is 18.8 Å². The van der Waals surface area contributed by atoms with Gasteiger partial charge in [0.15, 0.2) is 5.82 Å². The van der Waals surface area contributed by atoms with Crippen LogP contribution in [0.1, 0.15) is 12.7 Å². The summed E-state index contributed by atoms with van der Waals surface area (Å²) in [6, 6.07) is 1.69. The van der Waals surface area contributed by atoms with Gasteiger partial charge >= 0.3 is 0 Å². The first-order chi connectivity index (χ1) is 11.5. The average molecular weight is 335 g/mol. The second-order valence-electron chi connectivity index (χ2n) is 6.68. The lowest BCUT2D eigenvalue weighted by Gasteiger charge is -2.39. The van der Waals surface area contributed by atoms with Gasteiger partial charge in [0, 0.05) is 38.2 Å². The summed E-state index contributed by atoms with van der Waals surface area (Å²) in [7, 11) is 0. The number of carbonyl (C=O) groups excluding carboxylic acids is 2. The number of hydrogen-bond acceptors (Lipinski definition) is 6. The zero-order valence-electron chi connectivity index (χ0n) is 14.2. The van der Waals surface area contributed by atoms with Gasteiger partial charge in [-0.15, -0.1) is 0 Å². The lowest BCUT2D eigenvalue weighted by molar-refractivity contribution is -0.139. The third-order valence-corrected chi connectivity index (χ3v) is 4.86. The van der Waals surface area contributed by atoms with Gasteiger partial charge in [-0.1, -0.05) is 12.1 Å². The number of hydrogen-bond donors (Lipinski definition) is 2.